The number of aryl methyl sites for hydroxylation is 1. The Morgan fingerprint density at radius 2 is 2.26 bits per heavy atom. The van der Waals surface area contributed by atoms with Crippen LogP contribution >= 0.6 is 11.3 Å². The van der Waals surface area contributed by atoms with Gasteiger partial charge in [-0.2, -0.15) is 4.98 Å². The lowest BCUT2D eigenvalue weighted by atomic mass is 10.1. The Bertz CT molecular complexity index is 1090. The number of rotatable bonds is 6. The monoisotopic (exact) mass is 378 g/mol. The highest BCUT2D eigenvalue weighted by Gasteiger charge is 2.11. The molecule has 1 aromatic carbocycles. The Balaban J connectivity index is 1.40. The SMILES string of the molecule is Cc1cccc(-c2nc3scc(CCNC(=O)/C=C/c4ccco4)n3n2)c1. The minimum absolute atomic E-state index is 0.156. The summed E-state index contributed by atoms with van der Waals surface area (Å²) in [7, 11) is 0. The number of aromatic nitrogens is 3. The number of hydrogen-bond donors (Lipinski definition) is 1. The van der Waals surface area contributed by atoms with Crippen LogP contribution in [0.5, 0.6) is 0 Å². The number of benzene rings is 1. The second kappa shape index (κ2) is 7.59. The van der Waals surface area contributed by atoms with Gasteiger partial charge in [0.1, 0.15) is 5.76 Å². The average Bonchev–Trinajstić information content (AvgIpc) is 3.38. The summed E-state index contributed by atoms with van der Waals surface area (Å²) >= 11 is 1.55. The summed E-state index contributed by atoms with van der Waals surface area (Å²) < 4.78 is 7.01. The third-order valence-electron chi connectivity index (χ3n) is 4.05. The molecule has 3 aromatic heterocycles. The Hall–Kier alpha value is -3.19. The molecule has 0 atom stereocenters. The second-order valence-corrected chi connectivity index (χ2v) is 6.95. The van der Waals surface area contributed by atoms with E-state index in [1.165, 1.54) is 11.6 Å². The number of furan rings is 1. The number of fused-ring (bicyclic) bond motifs is 1. The fourth-order valence-electron chi connectivity index (χ4n) is 2.72. The van der Waals surface area contributed by atoms with E-state index >= 15 is 0 Å². The molecule has 1 N–H and O–H groups in total. The van der Waals surface area contributed by atoms with Crippen molar-refractivity contribution in [1.82, 2.24) is 19.9 Å². The molecule has 3 heterocycles. The molecule has 0 unspecified atom stereocenters. The van der Waals surface area contributed by atoms with Crippen molar-refractivity contribution in [2.45, 2.75) is 13.3 Å². The van der Waals surface area contributed by atoms with Gasteiger partial charge in [0.25, 0.3) is 0 Å². The fourth-order valence-corrected chi connectivity index (χ4v) is 3.58. The van der Waals surface area contributed by atoms with Crippen molar-refractivity contribution in [3.63, 3.8) is 0 Å². The van der Waals surface area contributed by atoms with Crippen LogP contribution in [0.15, 0.2) is 58.5 Å². The van der Waals surface area contributed by atoms with E-state index in [2.05, 4.69) is 34.5 Å². The molecule has 1 amide bonds. The average molecular weight is 378 g/mol. The first kappa shape index (κ1) is 17.2. The smallest absolute Gasteiger partial charge is 0.244 e. The quantitative estimate of drug-likeness (QED) is 0.519. The maximum Gasteiger partial charge on any atom is 0.244 e. The summed E-state index contributed by atoms with van der Waals surface area (Å²) in [5, 5.41) is 9.53. The summed E-state index contributed by atoms with van der Waals surface area (Å²) in [5.74, 6) is 1.21. The molecule has 0 radical (unpaired) electrons. The van der Waals surface area contributed by atoms with Crippen LogP contribution in [0.3, 0.4) is 0 Å². The standard InChI is InChI=1S/C20H18N4O2S/c1-14-4-2-5-15(12-14)19-22-20-24(23-19)16(13-27-20)9-10-21-18(25)8-7-17-6-3-11-26-17/h2-8,11-13H,9-10H2,1H3,(H,21,25)/b8-7+. The number of amides is 1. The van der Waals surface area contributed by atoms with E-state index in [-0.39, 0.29) is 5.91 Å². The molecular formula is C20H18N4O2S. The molecule has 0 saturated carbocycles. The fraction of sp³-hybridized carbons (Fsp3) is 0.150. The van der Waals surface area contributed by atoms with Gasteiger partial charge >= 0.3 is 0 Å². The third kappa shape index (κ3) is 3.98. The van der Waals surface area contributed by atoms with Crippen LogP contribution in [-0.4, -0.2) is 27.0 Å². The first-order chi connectivity index (χ1) is 13.2. The molecule has 0 bridgehead atoms. The molecule has 0 fully saturated rings. The van der Waals surface area contributed by atoms with Crippen molar-refractivity contribution in [2.24, 2.45) is 0 Å². The van der Waals surface area contributed by atoms with Crippen molar-refractivity contribution in [3.8, 4) is 11.4 Å². The van der Waals surface area contributed by atoms with Gasteiger partial charge in [0.2, 0.25) is 10.9 Å². The molecule has 4 aromatic rings. The zero-order valence-electron chi connectivity index (χ0n) is 14.8. The number of nitrogens with one attached hydrogen (secondary N) is 1. The van der Waals surface area contributed by atoms with Gasteiger partial charge in [-0.25, -0.2) is 4.52 Å². The highest BCUT2D eigenvalue weighted by atomic mass is 32.1. The summed E-state index contributed by atoms with van der Waals surface area (Å²) in [6.07, 6.45) is 5.36. The lowest BCUT2D eigenvalue weighted by Gasteiger charge is -2.01. The van der Waals surface area contributed by atoms with Gasteiger partial charge in [-0.05, 0) is 31.2 Å². The van der Waals surface area contributed by atoms with Crippen LogP contribution in [-0.2, 0) is 11.2 Å². The normalized spacial score (nSPS) is 11.4. The first-order valence-electron chi connectivity index (χ1n) is 8.58. The highest BCUT2D eigenvalue weighted by Crippen LogP contribution is 2.21. The minimum Gasteiger partial charge on any atom is -0.465 e. The number of thiazole rings is 1. The van der Waals surface area contributed by atoms with Gasteiger partial charge in [-0.3, -0.25) is 4.79 Å². The van der Waals surface area contributed by atoms with E-state index in [1.54, 1.807) is 35.8 Å². The van der Waals surface area contributed by atoms with E-state index in [0.717, 1.165) is 22.0 Å². The van der Waals surface area contributed by atoms with E-state index in [4.69, 9.17) is 4.42 Å². The highest BCUT2D eigenvalue weighted by molar-refractivity contribution is 7.15. The van der Waals surface area contributed by atoms with E-state index in [1.807, 2.05) is 22.0 Å². The van der Waals surface area contributed by atoms with Gasteiger partial charge in [-0.1, -0.05) is 23.8 Å². The van der Waals surface area contributed by atoms with Crippen LogP contribution < -0.4 is 5.32 Å². The van der Waals surface area contributed by atoms with Crippen LogP contribution in [0.25, 0.3) is 22.4 Å². The number of hydrogen-bond acceptors (Lipinski definition) is 5. The van der Waals surface area contributed by atoms with Gasteiger partial charge in [0.15, 0.2) is 5.82 Å². The molecule has 0 aliphatic carbocycles. The summed E-state index contributed by atoms with van der Waals surface area (Å²) in [5.41, 5.74) is 3.21. The maximum absolute atomic E-state index is 11.9. The molecule has 0 aliphatic rings. The Morgan fingerprint density at radius 1 is 1.33 bits per heavy atom. The van der Waals surface area contributed by atoms with Gasteiger partial charge in [-0.15, -0.1) is 16.4 Å². The van der Waals surface area contributed by atoms with Crippen LogP contribution in [0.1, 0.15) is 17.0 Å². The molecule has 7 heteroatoms. The topological polar surface area (TPSA) is 72.4 Å². The summed E-state index contributed by atoms with van der Waals surface area (Å²) in [6.45, 7) is 2.57. The van der Waals surface area contributed by atoms with Crippen LogP contribution in [0.2, 0.25) is 0 Å². The van der Waals surface area contributed by atoms with Gasteiger partial charge in [0, 0.05) is 30.0 Å². The van der Waals surface area contributed by atoms with Crippen molar-refractivity contribution in [2.75, 3.05) is 6.54 Å². The van der Waals surface area contributed by atoms with E-state index in [9.17, 15) is 4.79 Å². The molecule has 4 rings (SSSR count). The van der Waals surface area contributed by atoms with Crippen LogP contribution in [0.4, 0.5) is 0 Å². The number of carbonyl (C=O) groups excluding carboxylic acids is 1. The Morgan fingerprint density at radius 3 is 3.07 bits per heavy atom. The third-order valence-corrected chi connectivity index (χ3v) is 4.91. The van der Waals surface area contributed by atoms with Crippen LogP contribution in [0, 0.1) is 6.92 Å². The zero-order chi connectivity index (χ0) is 18.6. The Labute approximate surface area is 160 Å². The van der Waals surface area contributed by atoms with E-state index in [0.29, 0.717) is 18.7 Å². The number of nitrogens with zero attached hydrogens (tertiary/aromatic N) is 3. The van der Waals surface area contributed by atoms with Crippen molar-refractivity contribution in [3.05, 3.63) is 71.1 Å². The molecule has 0 spiro atoms. The predicted molar refractivity (Wildman–Crippen MR) is 105 cm³/mol. The first-order valence-corrected chi connectivity index (χ1v) is 9.46. The molecular weight excluding hydrogens is 360 g/mol. The summed E-state index contributed by atoms with van der Waals surface area (Å²) in [6, 6.07) is 11.7. The lowest BCUT2D eigenvalue weighted by Crippen LogP contribution is -2.23. The van der Waals surface area contributed by atoms with Gasteiger partial charge < -0.3 is 9.73 Å². The zero-order valence-corrected chi connectivity index (χ0v) is 15.6. The van der Waals surface area contributed by atoms with Crippen molar-refractivity contribution >= 4 is 28.3 Å². The molecule has 27 heavy (non-hydrogen) atoms. The summed E-state index contributed by atoms with van der Waals surface area (Å²) in [4.78, 5) is 17.3. The predicted octanol–water partition coefficient (Wildman–Crippen LogP) is 3.73. The second-order valence-electron chi connectivity index (χ2n) is 6.12. The Kier molecular flexibility index (Phi) is 4.84. The van der Waals surface area contributed by atoms with Crippen molar-refractivity contribution in [1.29, 1.82) is 0 Å². The lowest BCUT2D eigenvalue weighted by molar-refractivity contribution is -0.116. The molecule has 136 valence electrons. The maximum atomic E-state index is 11.9. The minimum atomic E-state index is -0.156. The van der Waals surface area contributed by atoms with Crippen molar-refractivity contribution < 1.29 is 9.21 Å². The largest absolute Gasteiger partial charge is 0.465 e. The van der Waals surface area contributed by atoms with Gasteiger partial charge in [0.05, 0.1) is 12.0 Å². The molecule has 0 saturated heterocycles. The number of carbonyl (C=O) groups is 1. The molecule has 0 aliphatic heterocycles. The van der Waals surface area contributed by atoms with E-state index < -0.39 is 0 Å². The molecule has 6 nitrogen and oxygen atoms in total.